The van der Waals surface area contributed by atoms with Crippen molar-refractivity contribution in [3.05, 3.63) is 21.6 Å². The summed E-state index contributed by atoms with van der Waals surface area (Å²) >= 11 is 0. The van der Waals surface area contributed by atoms with Gasteiger partial charge in [-0.2, -0.15) is 0 Å². The maximum absolute atomic E-state index is 11.5. The van der Waals surface area contributed by atoms with Gasteiger partial charge in [-0.3, -0.25) is 14.6 Å². The second kappa shape index (κ2) is 3.58. The molecule has 1 rings (SSSR count). The third-order valence-electron chi connectivity index (χ3n) is 2.01. The summed E-state index contributed by atoms with van der Waals surface area (Å²) in [6, 6.07) is 0. The van der Waals surface area contributed by atoms with E-state index in [1.165, 1.54) is 0 Å². The smallest absolute Gasteiger partial charge is 0.271 e. The SMILES string of the molecule is CCc1[nH]n(CC)c(=O)c1CN. The van der Waals surface area contributed by atoms with Crippen molar-refractivity contribution in [3.63, 3.8) is 0 Å². The van der Waals surface area contributed by atoms with E-state index in [-0.39, 0.29) is 5.56 Å². The Labute approximate surface area is 71.4 Å². The molecule has 4 nitrogen and oxygen atoms in total. The summed E-state index contributed by atoms with van der Waals surface area (Å²) < 4.78 is 1.58. The zero-order valence-corrected chi connectivity index (χ0v) is 7.55. The molecule has 0 fully saturated rings. The Morgan fingerprint density at radius 1 is 1.50 bits per heavy atom. The molecule has 0 amide bonds. The molecule has 0 aliphatic rings. The minimum atomic E-state index is 0.0249. The molecule has 1 aromatic rings. The van der Waals surface area contributed by atoms with Gasteiger partial charge in [0.1, 0.15) is 0 Å². The average molecular weight is 169 g/mol. The van der Waals surface area contributed by atoms with Crippen LogP contribution in [0.3, 0.4) is 0 Å². The Bertz CT molecular complexity index is 311. The number of H-pyrrole nitrogens is 1. The van der Waals surface area contributed by atoms with Crippen LogP contribution in [-0.4, -0.2) is 9.78 Å². The molecule has 0 saturated heterocycles. The lowest BCUT2D eigenvalue weighted by Crippen LogP contribution is -2.19. The fraction of sp³-hybridized carbons (Fsp3) is 0.625. The van der Waals surface area contributed by atoms with E-state index in [4.69, 9.17) is 5.73 Å². The highest BCUT2D eigenvalue weighted by molar-refractivity contribution is 5.16. The molecular weight excluding hydrogens is 154 g/mol. The first kappa shape index (κ1) is 9.06. The van der Waals surface area contributed by atoms with Crippen molar-refractivity contribution < 1.29 is 0 Å². The van der Waals surface area contributed by atoms with E-state index in [0.29, 0.717) is 13.1 Å². The Hall–Kier alpha value is -1.03. The van der Waals surface area contributed by atoms with E-state index in [9.17, 15) is 4.79 Å². The van der Waals surface area contributed by atoms with Crippen LogP contribution in [0.15, 0.2) is 4.79 Å². The van der Waals surface area contributed by atoms with Gasteiger partial charge in [0.25, 0.3) is 5.56 Å². The molecule has 12 heavy (non-hydrogen) atoms. The number of aromatic nitrogens is 2. The van der Waals surface area contributed by atoms with Crippen LogP contribution in [0.4, 0.5) is 0 Å². The molecule has 0 atom stereocenters. The van der Waals surface area contributed by atoms with Crippen LogP contribution >= 0.6 is 0 Å². The maximum atomic E-state index is 11.5. The summed E-state index contributed by atoms with van der Waals surface area (Å²) in [7, 11) is 0. The number of nitrogens with zero attached hydrogens (tertiary/aromatic N) is 1. The normalized spacial score (nSPS) is 10.6. The van der Waals surface area contributed by atoms with Gasteiger partial charge in [-0.05, 0) is 13.3 Å². The number of hydrogen-bond donors (Lipinski definition) is 2. The highest BCUT2D eigenvalue weighted by Gasteiger charge is 2.09. The molecule has 0 saturated carbocycles. The van der Waals surface area contributed by atoms with Crippen molar-refractivity contribution in [2.75, 3.05) is 0 Å². The third-order valence-corrected chi connectivity index (χ3v) is 2.01. The molecule has 1 aromatic heterocycles. The Morgan fingerprint density at radius 3 is 2.50 bits per heavy atom. The van der Waals surface area contributed by atoms with Crippen LogP contribution in [-0.2, 0) is 19.5 Å². The lowest BCUT2D eigenvalue weighted by molar-refractivity contribution is 0.628. The molecule has 68 valence electrons. The van der Waals surface area contributed by atoms with Gasteiger partial charge in [-0.1, -0.05) is 6.92 Å². The first-order chi connectivity index (χ1) is 5.74. The summed E-state index contributed by atoms with van der Waals surface area (Å²) in [5.74, 6) is 0. The molecule has 0 aliphatic heterocycles. The zero-order chi connectivity index (χ0) is 9.14. The predicted molar refractivity (Wildman–Crippen MR) is 48.0 cm³/mol. The van der Waals surface area contributed by atoms with Gasteiger partial charge in [-0.25, -0.2) is 0 Å². The van der Waals surface area contributed by atoms with Gasteiger partial charge in [0.2, 0.25) is 0 Å². The number of nitrogens with two attached hydrogens (primary N) is 1. The van der Waals surface area contributed by atoms with E-state index in [2.05, 4.69) is 5.10 Å². The summed E-state index contributed by atoms with van der Waals surface area (Å²) in [4.78, 5) is 11.5. The molecule has 0 aliphatic carbocycles. The molecule has 0 unspecified atom stereocenters. The fourth-order valence-corrected chi connectivity index (χ4v) is 1.30. The van der Waals surface area contributed by atoms with Gasteiger partial charge >= 0.3 is 0 Å². The lowest BCUT2D eigenvalue weighted by Gasteiger charge is -1.93. The van der Waals surface area contributed by atoms with Gasteiger partial charge in [-0.15, -0.1) is 0 Å². The zero-order valence-electron chi connectivity index (χ0n) is 7.55. The van der Waals surface area contributed by atoms with Crippen LogP contribution in [0.1, 0.15) is 25.1 Å². The highest BCUT2D eigenvalue weighted by atomic mass is 16.1. The molecular formula is C8H15N3O. The minimum Gasteiger partial charge on any atom is -0.326 e. The maximum Gasteiger partial charge on any atom is 0.271 e. The van der Waals surface area contributed by atoms with E-state index in [0.717, 1.165) is 17.7 Å². The van der Waals surface area contributed by atoms with Crippen LogP contribution in [0.5, 0.6) is 0 Å². The number of nitrogens with one attached hydrogen (secondary N) is 1. The van der Waals surface area contributed by atoms with E-state index >= 15 is 0 Å². The standard InChI is InChI=1S/C8H15N3O/c1-3-7-6(5-9)8(12)11(4-2)10-7/h10H,3-5,9H2,1-2H3. The van der Waals surface area contributed by atoms with Gasteiger partial charge < -0.3 is 5.73 Å². The molecule has 0 spiro atoms. The topological polar surface area (TPSA) is 63.8 Å². The Kier molecular flexibility index (Phi) is 2.70. The van der Waals surface area contributed by atoms with Crippen molar-refractivity contribution >= 4 is 0 Å². The van der Waals surface area contributed by atoms with Crippen molar-refractivity contribution in [1.82, 2.24) is 9.78 Å². The Morgan fingerprint density at radius 2 is 2.17 bits per heavy atom. The summed E-state index contributed by atoms with van der Waals surface area (Å²) in [5.41, 5.74) is 7.17. The quantitative estimate of drug-likeness (QED) is 0.679. The largest absolute Gasteiger partial charge is 0.326 e. The fourth-order valence-electron chi connectivity index (χ4n) is 1.30. The monoisotopic (exact) mass is 169 g/mol. The van der Waals surface area contributed by atoms with Gasteiger partial charge in [0, 0.05) is 18.8 Å². The van der Waals surface area contributed by atoms with Gasteiger partial charge in [0.05, 0.1) is 5.56 Å². The second-order valence-electron chi connectivity index (χ2n) is 2.68. The lowest BCUT2D eigenvalue weighted by atomic mass is 10.2. The van der Waals surface area contributed by atoms with E-state index in [1.807, 2.05) is 13.8 Å². The number of aromatic amines is 1. The second-order valence-corrected chi connectivity index (χ2v) is 2.68. The van der Waals surface area contributed by atoms with E-state index in [1.54, 1.807) is 4.68 Å². The van der Waals surface area contributed by atoms with Crippen molar-refractivity contribution in [2.24, 2.45) is 5.73 Å². The minimum absolute atomic E-state index is 0.0249. The first-order valence-corrected chi connectivity index (χ1v) is 4.25. The van der Waals surface area contributed by atoms with Crippen molar-refractivity contribution in [1.29, 1.82) is 0 Å². The van der Waals surface area contributed by atoms with Crippen LogP contribution < -0.4 is 11.3 Å². The first-order valence-electron chi connectivity index (χ1n) is 4.25. The third kappa shape index (κ3) is 1.30. The van der Waals surface area contributed by atoms with E-state index < -0.39 is 0 Å². The van der Waals surface area contributed by atoms with Crippen LogP contribution in [0.2, 0.25) is 0 Å². The molecule has 1 heterocycles. The number of rotatable bonds is 3. The number of aryl methyl sites for hydroxylation is 2. The molecule has 4 heteroatoms. The molecule has 0 aromatic carbocycles. The molecule has 3 N–H and O–H groups in total. The van der Waals surface area contributed by atoms with Crippen LogP contribution in [0, 0.1) is 0 Å². The Balaban J connectivity index is 3.23. The van der Waals surface area contributed by atoms with Gasteiger partial charge in [0.15, 0.2) is 0 Å². The number of hydrogen-bond acceptors (Lipinski definition) is 2. The molecule has 0 bridgehead atoms. The summed E-state index contributed by atoms with van der Waals surface area (Å²) in [6.45, 7) is 4.93. The van der Waals surface area contributed by atoms with Crippen molar-refractivity contribution in [3.8, 4) is 0 Å². The van der Waals surface area contributed by atoms with Crippen molar-refractivity contribution in [2.45, 2.75) is 33.4 Å². The highest BCUT2D eigenvalue weighted by Crippen LogP contribution is 2.00. The summed E-state index contributed by atoms with van der Waals surface area (Å²) in [6.07, 6.45) is 0.828. The molecule has 0 radical (unpaired) electrons. The van der Waals surface area contributed by atoms with Crippen LogP contribution in [0.25, 0.3) is 0 Å². The predicted octanol–water partition coefficient (Wildman–Crippen LogP) is 0.217. The summed E-state index contributed by atoms with van der Waals surface area (Å²) in [5, 5.41) is 3.02. The average Bonchev–Trinajstić information content (AvgIpc) is 2.41.